The first-order chi connectivity index (χ1) is 7.26. The van der Waals surface area contributed by atoms with Crippen molar-refractivity contribution < 1.29 is 9.53 Å². The maximum Gasteiger partial charge on any atom is 0.411 e. The van der Waals surface area contributed by atoms with Crippen LogP contribution in [0.4, 0.5) is 10.5 Å². The molecule has 0 aliphatic heterocycles. The summed E-state index contributed by atoms with van der Waals surface area (Å²) in [6.45, 7) is 0.335. The van der Waals surface area contributed by atoms with Crippen LogP contribution in [0.15, 0.2) is 24.3 Å². The molecule has 78 valence electrons. The molecule has 0 heterocycles. The maximum absolute atomic E-state index is 10.9. The van der Waals surface area contributed by atoms with E-state index in [0.717, 1.165) is 5.56 Å². The predicted octanol–water partition coefficient (Wildman–Crippen LogP) is 1.18. The van der Waals surface area contributed by atoms with Gasteiger partial charge in [0.25, 0.3) is 0 Å². The van der Waals surface area contributed by atoms with Crippen molar-refractivity contribution in [1.82, 2.24) is 0 Å². The number of amides is 1. The minimum atomic E-state index is -0.490. The van der Waals surface area contributed by atoms with Gasteiger partial charge in [0, 0.05) is 11.3 Å². The average Bonchev–Trinajstić information content (AvgIpc) is 2.28. The van der Waals surface area contributed by atoms with Crippen LogP contribution in [-0.4, -0.2) is 19.7 Å². The van der Waals surface area contributed by atoms with Gasteiger partial charge in [-0.15, -0.1) is 0 Å². The molecule has 15 heavy (non-hydrogen) atoms. The van der Waals surface area contributed by atoms with E-state index in [1.807, 2.05) is 0 Å². The SMILES string of the molecule is COC(=O)Nc1ccc(C#CCN)cc1. The Morgan fingerprint density at radius 2 is 2.13 bits per heavy atom. The second-order valence-electron chi connectivity index (χ2n) is 2.70. The molecule has 0 aliphatic carbocycles. The van der Waals surface area contributed by atoms with Crippen LogP contribution < -0.4 is 11.1 Å². The maximum atomic E-state index is 10.9. The third-order valence-electron chi connectivity index (χ3n) is 1.65. The molecule has 0 saturated heterocycles. The zero-order valence-corrected chi connectivity index (χ0v) is 8.41. The van der Waals surface area contributed by atoms with E-state index in [9.17, 15) is 4.79 Å². The summed E-state index contributed by atoms with van der Waals surface area (Å²) < 4.78 is 4.45. The fourth-order valence-electron chi connectivity index (χ4n) is 0.959. The first kappa shape index (κ1) is 11.1. The Kier molecular flexibility index (Phi) is 4.20. The molecule has 1 rings (SSSR count). The van der Waals surface area contributed by atoms with Gasteiger partial charge in [-0.2, -0.15) is 0 Å². The first-order valence-electron chi connectivity index (χ1n) is 4.40. The van der Waals surface area contributed by atoms with Gasteiger partial charge in [0.1, 0.15) is 0 Å². The third-order valence-corrected chi connectivity index (χ3v) is 1.65. The second kappa shape index (κ2) is 5.68. The lowest BCUT2D eigenvalue weighted by Gasteiger charge is -2.02. The Morgan fingerprint density at radius 1 is 1.47 bits per heavy atom. The molecule has 0 fully saturated rings. The lowest BCUT2D eigenvalue weighted by molar-refractivity contribution is 0.187. The average molecular weight is 204 g/mol. The van der Waals surface area contributed by atoms with Crippen molar-refractivity contribution in [1.29, 1.82) is 0 Å². The minimum Gasteiger partial charge on any atom is -0.453 e. The fraction of sp³-hybridized carbons (Fsp3) is 0.182. The molecular weight excluding hydrogens is 192 g/mol. The predicted molar refractivity (Wildman–Crippen MR) is 58.4 cm³/mol. The lowest BCUT2D eigenvalue weighted by Crippen LogP contribution is -2.10. The molecule has 4 nitrogen and oxygen atoms in total. The van der Waals surface area contributed by atoms with Gasteiger partial charge < -0.3 is 10.5 Å². The van der Waals surface area contributed by atoms with Gasteiger partial charge in [-0.25, -0.2) is 4.79 Å². The monoisotopic (exact) mass is 204 g/mol. The van der Waals surface area contributed by atoms with E-state index in [1.54, 1.807) is 24.3 Å². The van der Waals surface area contributed by atoms with Gasteiger partial charge in [-0.1, -0.05) is 11.8 Å². The standard InChI is InChI=1S/C11H12N2O2/c1-15-11(14)13-10-6-4-9(5-7-10)3-2-8-12/h4-7H,8,12H2,1H3,(H,13,14). The van der Waals surface area contributed by atoms with Gasteiger partial charge >= 0.3 is 6.09 Å². The van der Waals surface area contributed by atoms with Crippen LogP contribution >= 0.6 is 0 Å². The van der Waals surface area contributed by atoms with E-state index in [4.69, 9.17) is 5.73 Å². The lowest BCUT2D eigenvalue weighted by atomic mass is 10.2. The largest absolute Gasteiger partial charge is 0.453 e. The van der Waals surface area contributed by atoms with Crippen molar-refractivity contribution in [2.45, 2.75) is 0 Å². The smallest absolute Gasteiger partial charge is 0.411 e. The van der Waals surface area contributed by atoms with Crippen molar-refractivity contribution in [2.24, 2.45) is 5.73 Å². The normalized spacial score (nSPS) is 8.67. The number of nitrogens with one attached hydrogen (secondary N) is 1. The van der Waals surface area contributed by atoms with Crippen molar-refractivity contribution in [3.8, 4) is 11.8 Å². The van der Waals surface area contributed by atoms with E-state index in [2.05, 4.69) is 21.9 Å². The molecule has 0 saturated carbocycles. The van der Waals surface area contributed by atoms with Gasteiger partial charge in [0.2, 0.25) is 0 Å². The number of benzene rings is 1. The first-order valence-corrected chi connectivity index (χ1v) is 4.40. The van der Waals surface area contributed by atoms with Crippen LogP contribution in [0.3, 0.4) is 0 Å². The summed E-state index contributed by atoms with van der Waals surface area (Å²) in [7, 11) is 1.32. The number of carbonyl (C=O) groups is 1. The van der Waals surface area contributed by atoms with Crippen LogP contribution in [0.5, 0.6) is 0 Å². The summed E-state index contributed by atoms with van der Waals surface area (Å²) in [6, 6.07) is 7.09. The topological polar surface area (TPSA) is 64.3 Å². The number of methoxy groups -OCH3 is 1. The van der Waals surface area contributed by atoms with Crippen LogP contribution in [0.25, 0.3) is 0 Å². The van der Waals surface area contributed by atoms with Gasteiger partial charge in [-0.3, -0.25) is 5.32 Å². The zero-order valence-electron chi connectivity index (χ0n) is 8.41. The molecule has 0 radical (unpaired) electrons. The van der Waals surface area contributed by atoms with E-state index < -0.39 is 6.09 Å². The van der Waals surface area contributed by atoms with Crippen molar-refractivity contribution in [3.05, 3.63) is 29.8 Å². The number of hydrogen-bond acceptors (Lipinski definition) is 3. The molecular formula is C11H12N2O2. The van der Waals surface area contributed by atoms with Crippen LogP contribution in [0.1, 0.15) is 5.56 Å². The fourth-order valence-corrected chi connectivity index (χ4v) is 0.959. The highest BCUT2D eigenvalue weighted by molar-refractivity contribution is 5.84. The Balaban J connectivity index is 2.68. The summed E-state index contributed by atoms with van der Waals surface area (Å²) in [5.74, 6) is 5.62. The molecule has 1 amide bonds. The molecule has 4 heteroatoms. The highest BCUT2D eigenvalue weighted by Gasteiger charge is 1.98. The van der Waals surface area contributed by atoms with Crippen molar-refractivity contribution in [2.75, 3.05) is 19.0 Å². The molecule has 0 unspecified atom stereocenters. The Bertz CT molecular complexity index is 387. The van der Waals surface area contributed by atoms with Crippen molar-refractivity contribution >= 4 is 11.8 Å². The van der Waals surface area contributed by atoms with E-state index >= 15 is 0 Å². The number of anilines is 1. The summed E-state index contributed by atoms with van der Waals surface area (Å²) in [6.07, 6.45) is -0.490. The van der Waals surface area contributed by atoms with Crippen molar-refractivity contribution in [3.63, 3.8) is 0 Å². The molecule has 0 aromatic heterocycles. The van der Waals surface area contributed by atoms with E-state index in [0.29, 0.717) is 12.2 Å². The van der Waals surface area contributed by atoms with Gasteiger partial charge in [0.05, 0.1) is 13.7 Å². The number of ether oxygens (including phenoxy) is 1. The number of hydrogen-bond donors (Lipinski definition) is 2. The molecule has 1 aromatic rings. The summed E-state index contributed by atoms with van der Waals surface area (Å²) in [4.78, 5) is 10.9. The van der Waals surface area contributed by atoms with Crippen LogP contribution in [0, 0.1) is 11.8 Å². The molecule has 0 bridgehead atoms. The summed E-state index contributed by atoms with van der Waals surface area (Å²) >= 11 is 0. The Labute approximate surface area is 88.4 Å². The molecule has 3 N–H and O–H groups in total. The molecule has 0 atom stereocenters. The highest BCUT2D eigenvalue weighted by atomic mass is 16.5. The Hall–Kier alpha value is -1.99. The quantitative estimate of drug-likeness (QED) is 0.675. The Morgan fingerprint density at radius 3 is 2.67 bits per heavy atom. The minimum absolute atomic E-state index is 0.335. The van der Waals surface area contributed by atoms with E-state index in [-0.39, 0.29) is 0 Å². The third kappa shape index (κ3) is 3.71. The number of carbonyl (C=O) groups excluding carboxylic acids is 1. The van der Waals surface area contributed by atoms with Crippen LogP contribution in [-0.2, 0) is 4.74 Å². The van der Waals surface area contributed by atoms with E-state index in [1.165, 1.54) is 7.11 Å². The van der Waals surface area contributed by atoms with Gasteiger partial charge in [-0.05, 0) is 24.3 Å². The highest BCUT2D eigenvalue weighted by Crippen LogP contribution is 2.08. The second-order valence-corrected chi connectivity index (χ2v) is 2.70. The van der Waals surface area contributed by atoms with Gasteiger partial charge in [0.15, 0.2) is 0 Å². The number of rotatable bonds is 1. The zero-order chi connectivity index (χ0) is 11.1. The molecule has 0 aliphatic rings. The molecule has 1 aromatic carbocycles. The van der Waals surface area contributed by atoms with Crippen LogP contribution in [0.2, 0.25) is 0 Å². The number of nitrogens with two attached hydrogens (primary N) is 1. The summed E-state index contributed by atoms with van der Waals surface area (Å²) in [5, 5.41) is 2.54. The summed E-state index contributed by atoms with van der Waals surface area (Å²) in [5.41, 5.74) is 6.77. The molecule has 0 spiro atoms.